The number of phenols is 1. The third-order valence-electron chi connectivity index (χ3n) is 4.35. The molecule has 1 aliphatic carbocycles. The first kappa shape index (κ1) is 20.2. The highest BCUT2D eigenvalue weighted by Gasteiger charge is 2.29. The number of sulfonamides is 1. The van der Waals surface area contributed by atoms with Gasteiger partial charge in [-0.15, -0.1) is 0 Å². The Kier molecular flexibility index (Phi) is 6.98. The number of nitrogens with one attached hydrogen (secondary N) is 1. The van der Waals surface area contributed by atoms with Crippen molar-refractivity contribution < 1.29 is 23.1 Å². The fraction of sp³-hybridized carbons (Fsp3) is 0.529. The molecular weight excluding hydrogens is 358 g/mol. The van der Waals surface area contributed by atoms with Gasteiger partial charge in [0.1, 0.15) is 0 Å². The lowest BCUT2D eigenvalue weighted by Crippen LogP contribution is -2.45. The first-order valence-corrected chi connectivity index (χ1v) is 10.3. The highest BCUT2D eigenvalue weighted by atomic mass is 32.2. The molecule has 1 aliphatic rings. The molecule has 0 spiro atoms. The Hall–Kier alpha value is -2.13. The van der Waals surface area contributed by atoms with Crippen LogP contribution in [0.5, 0.6) is 11.5 Å². The number of benzene rings is 1. The van der Waals surface area contributed by atoms with Crippen molar-refractivity contribution in [2.24, 2.45) is 5.10 Å². The number of nitrogens with zero attached hydrogens (tertiary/aromatic N) is 2. The van der Waals surface area contributed by atoms with Gasteiger partial charge in [0.2, 0.25) is 10.0 Å². The van der Waals surface area contributed by atoms with E-state index in [4.69, 9.17) is 4.74 Å². The van der Waals surface area contributed by atoms with Crippen molar-refractivity contribution in [3.8, 4) is 11.5 Å². The standard InChI is InChI=1S/C17H25N3O5S/c1-25-15-10-6-7-13(17(15)22)11-18-19-16(21)12-20(26(2,23)24)14-8-4-3-5-9-14/h6-7,10-11,14,22H,3-5,8-9,12H2,1-2H3,(H,19,21)/b18-11+. The van der Waals surface area contributed by atoms with Crippen LogP contribution in [0.1, 0.15) is 37.7 Å². The molecule has 1 saturated carbocycles. The minimum absolute atomic E-state index is 0.0898. The predicted molar refractivity (Wildman–Crippen MR) is 98.8 cm³/mol. The van der Waals surface area contributed by atoms with E-state index in [-0.39, 0.29) is 18.3 Å². The van der Waals surface area contributed by atoms with Crippen molar-refractivity contribution in [2.75, 3.05) is 19.9 Å². The molecule has 0 heterocycles. The molecule has 26 heavy (non-hydrogen) atoms. The maximum Gasteiger partial charge on any atom is 0.255 e. The molecule has 1 amide bonds. The normalized spacial score (nSPS) is 16.1. The Morgan fingerprint density at radius 2 is 2.08 bits per heavy atom. The van der Waals surface area contributed by atoms with E-state index in [1.54, 1.807) is 18.2 Å². The second-order valence-electron chi connectivity index (χ2n) is 6.29. The molecule has 0 aromatic heterocycles. The molecule has 0 unspecified atom stereocenters. The topological polar surface area (TPSA) is 108 Å². The van der Waals surface area contributed by atoms with Crippen LogP contribution in [0.3, 0.4) is 0 Å². The molecule has 1 aromatic rings. The third kappa shape index (κ3) is 5.43. The van der Waals surface area contributed by atoms with Crippen LogP contribution in [0, 0.1) is 0 Å². The smallest absolute Gasteiger partial charge is 0.255 e. The van der Waals surface area contributed by atoms with Gasteiger partial charge in [0, 0.05) is 11.6 Å². The molecule has 8 nitrogen and oxygen atoms in total. The summed E-state index contributed by atoms with van der Waals surface area (Å²) in [4.78, 5) is 12.1. The van der Waals surface area contributed by atoms with Gasteiger partial charge >= 0.3 is 0 Å². The van der Waals surface area contributed by atoms with Gasteiger partial charge in [-0.05, 0) is 25.0 Å². The first-order chi connectivity index (χ1) is 12.3. The Morgan fingerprint density at radius 3 is 2.69 bits per heavy atom. The maximum atomic E-state index is 12.1. The number of para-hydroxylation sites is 1. The monoisotopic (exact) mass is 383 g/mol. The number of aromatic hydroxyl groups is 1. The molecule has 0 saturated heterocycles. The van der Waals surface area contributed by atoms with Crippen LogP contribution in [0.25, 0.3) is 0 Å². The lowest BCUT2D eigenvalue weighted by molar-refractivity contribution is -0.121. The molecule has 1 aromatic carbocycles. The fourth-order valence-corrected chi connectivity index (χ4v) is 4.15. The Balaban J connectivity index is 2.00. The van der Waals surface area contributed by atoms with Crippen molar-refractivity contribution in [3.63, 3.8) is 0 Å². The third-order valence-corrected chi connectivity index (χ3v) is 5.63. The van der Waals surface area contributed by atoms with E-state index in [9.17, 15) is 18.3 Å². The number of hydrogen-bond acceptors (Lipinski definition) is 6. The van der Waals surface area contributed by atoms with Gasteiger partial charge in [-0.3, -0.25) is 4.79 Å². The summed E-state index contributed by atoms with van der Waals surface area (Å²) in [6, 6.07) is 4.74. The van der Waals surface area contributed by atoms with Crippen LogP contribution in [0.15, 0.2) is 23.3 Å². The maximum absolute atomic E-state index is 12.1. The Bertz CT molecular complexity index is 758. The second kappa shape index (κ2) is 9.00. The van der Waals surface area contributed by atoms with Crippen LogP contribution in [0.2, 0.25) is 0 Å². The number of methoxy groups -OCH3 is 1. The summed E-state index contributed by atoms with van der Waals surface area (Å²) < 4.78 is 30.3. The van der Waals surface area contributed by atoms with E-state index in [0.717, 1.165) is 38.4 Å². The van der Waals surface area contributed by atoms with E-state index < -0.39 is 15.9 Å². The summed E-state index contributed by atoms with van der Waals surface area (Å²) in [6.07, 6.45) is 6.95. The van der Waals surface area contributed by atoms with Gasteiger partial charge in [-0.2, -0.15) is 9.41 Å². The van der Waals surface area contributed by atoms with Gasteiger partial charge in [-0.1, -0.05) is 25.3 Å². The molecule has 0 bridgehead atoms. The number of ether oxygens (including phenoxy) is 1. The number of rotatable bonds is 7. The molecule has 144 valence electrons. The van der Waals surface area contributed by atoms with E-state index in [1.165, 1.54) is 17.6 Å². The van der Waals surface area contributed by atoms with E-state index in [1.807, 2.05) is 0 Å². The summed E-state index contributed by atoms with van der Waals surface area (Å²) in [5.74, 6) is -0.326. The zero-order chi connectivity index (χ0) is 19.2. The zero-order valence-corrected chi connectivity index (χ0v) is 15.8. The molecule has 0 atom stereocenters. The summed E-state index contributed by atoms with van der Waals surface area (Å²) in [5.41, 5.74) is 2.68. The van der Waals surface area contributed by atoms with Crippen LogP contribution >= 0.6 is 0 Å². The lowest BCUT2D eigenvalue weighted by atomic mass is 9.95. The van der Waals surface area contributed by atoms with Gasteiger partial charge in [0.15, 0.2) is 11.5 Å². The largest absolute Gasteiger partial charge is 0.504 e. The predicted octanol–water partition coefficient (Wildman–Crippen LogP) is 1.45. The summed E-state index contributed by atoms with van der Waals surface area (Å²) in [7, 11) is -2.06. The van der Waals surface area contributed by atoms with E-state index in [0.29, 0.717) is 11.3 Å². The molecule has 1 fully saturated rings. The molecular formula is C17H25N3O5S. The van der Waals surface area contributed by atoms with Crippen molar-refractivity contribution in [2.45, 2.75) is 38.1 Å². The quantitative estimate of drug-likeness (QED) is 0.547. The summed E-state index contributed by atoms with van der Waals surface area (Å²) in [5, 5.41) is 13.8. The van der Waals surface area contributed by atoms with E-state index in [2.05, 4.69) is 10.5 Å². The number of phenolic OH excluding ortho intramolecular Hbond substituents is 1. The van der Waals surface area contributed by atoms with Crippen molar-refractivity contribution in [1.29, 1.82) is 0 Å². The van der Waals surface area contributed by atoms with E-state index >= 15 is 0 Å². The number of hydrogen-bond donors (Lipinski definition) is 2. The number of carbonyl (C=O) groups is 1. The van der Waals surface area contributed by atoms with Gasteiger partial charge in [-0.25, -0.2) is 13.8 Å². The van der Waals surface area contributed by atoms with Crippen LogP contribution in [-0.4, -0.2) is 55.9 Å². The molecule has 0 radical (unpaired) electrons. The zero-order valence-electron chi connectivity index (χ0n) is 15.0. The second-order valence-corrected chi connectivity index (χ2v) is 8.23. The molecule has 0 aliphatic heterocycles. The van der Waals surface area contributed by atoms with Crippen LogP contribution in [0.4, 0.5) is 0 Å². The highest BCUT2D eigenvalue weighted by molar-refractivity contribution is 7.88. The average molecular weight is 383 g/mol. The highest BCUT2D eigenvalue weighted by Crippen LogP contribution is 2.28. The first-order valence-electron chi connectivity index (χ1n) is 8.47. The SMILES string of the molecule is COc1cccc(/C=N/NC(=O)CN(C2CCCCC2)S(C)(=O)=O)c1O. The average Bonchev–Trinajstić information content (AvgIpc) is 2.61. The van der Waals surface area contributed by atoms with Gasteiger partial charge in [0.25, 0.3) is 5.91 Å². The number of hydrazone groups is 1. The van der Waals surface area contributed by atoms with Crippen LogP contribution < -0.4 is 10.2 Å². The fourth-order valence-electron chi connectivity index (χ4n) is 3.05. The minimum Gasteiger partial charge on any atom is -0.504 e. The van der Waals surface area contributed by atoms with Crippen molar-refractivity contribution in [1.82, 2.24) is 9.73 Å². The summed E-state index contributed by atoms with van der Waals surface area (Å²) in [6.45, 7) is -0.273. The molecule has 2 rings (SSSR count). The van der Waals surface area contributed by atoms with Gasteiger partial charge < -0.3 is 9.84 Å². The Labute approximate surface area is 153 Å². The minimum atomic E-state index is -3.49. The van der Waals surface area contributed by atoms with Crippen molar-refractivity contribution >= 4 is 22.1 Å². The number of amides is 1. The molecule has 9 heteroatoms. The van der Waals surface area contributed by atoms with Gasteiger partial charge in [0.05, 0.1) is 26.1 Å². The van der Waals surface area contributed by atoms with Crippen molar-refractivity contribution in [3.05, 3.63) is 23.8 Å². The number of carbonyl (C=O) groups excluding carboxylic acids is 1. The molecule has 2 N–H and O–H groups in total. The lowest BCUT2D eigenvalue weighted by Gasteiger charge is -2.31. The summed E-state index contributed by atoms with van der Waals surface area (Å²) >= 11 is 0. The Morgan fingerprint density at radius 1 is 1.38 bits per heavy atom. The van der Waals surface area contributed by atoms with Crippen LogP contribution in [-0.2, 0) is 14.8 Å².